The molecule has 0 amide bonds. The lowest BCUT2D eigenvalue weighted by molar-refractivity contribution is 0.0596. The second kappa shape index (κ2) is 3.26. The van der Waals surface area contributed by atoms with Crippen LogP contribution in [0.1, 0.15) is 10.5 Å². The van der Waals surface area contributed by atoms with Crippen molar-refractivity contribution >= 4 is 28.6 Å². The topological polar surface area (TPSA) is 67.9 Å². The zero-order valence-electron chi connectivity index (χ0n) is 7.24. The highest BCUT2D eigenvalue weighted by Crippen LogP contribution is 2.16. The predicted octanol–water partition coefficient (Wildman–Crippen LogP) is 1.40. The summed E-state index contributed by atoms with van der Waals surface area (Å²) in [6, 6.07) is 1.69. The Bertz CT molecular complexity index is 494. The molecule has 0 fully saturated rings. The summed E-state index contributed by atoms with van der Waals surface area (Å²) in [4.78, 5) is 21.8. The molecule has 0 saturated heterocycles. The second-order valence-corrected chi connectivity index (χ2v) is 2.91. The van der Waals surface area contributed by atoms with E-state index in [0.717, 1.165) is 0 Å². The number of aromatic nitrogens is 3. The summed E-state index contributed by atoms with van der Waals surface area (Å²) < 4.78 is 4.57. The molecule has 6 heteroatoms. The molecule has 0 aliphatic carbocycles. The van der Waals surface area contributed by atoms with Crippen LogP contribution in [0, 0.1) is 0 Å². The Labute approximate surface area is 84.1 Å². The van der Waals surface area contributed by atoms with Crippen molar-refractivity contribution in [1.29, 1.82) is 0 Å². The van der Waals surface area contributed by atoms with Crippen LogP contribution in [-0.2, 0) is 4.74 Å². The quantitative estimate of drug-likeness (QED) is 0.572. The zero-order valence-corrected chi connectivity index (χ0v) is 8.00. The highest BCUT2D eigenvalue weighted by molar-refractivity contribution is 6.28. The normalized spacial score (nSPS) is 10.4. The first-order valence-electron chi connectivity index (χ1n) is 3.81. The van der Waals surface area contributed by atoms with E-state index in [0.29, 0.717) is 11.0 Å². The number of methoxy groups -OCH3 is 1. The molecule has 2 heterocycles. The Kier molecular flexibility index (Phi) is 2.09. The van der Waals surface area contributed by atoms with Gasteiger partial charge in [0, 0.05) is 6.20 Å². The van der Waals surface area contributed by atoms with E-state index in [1.54, 1.807) is 12.3 Å². The number of halogens is 1. The van der Waals surface area contributed by atoms with Gasteiger partial charge in [0.25, 0.3) is 0 Å². The van der Waals surface area contributed by atoms with E-state index in [2.05, 4.69) is 19.7 Å². The largest absolute Gasteiger partial charge is 0.464 e. The molecule has 1 N–H and O–H groups in total. The highest BCUT2D eigenvalue weighted by Gasteiger charge is 2.14. The molecule has 0 saturated carbocycles. The standard InChI is InChI=1S/C8H6ClN3O2/c1-14-7(13)5-4-2-3-10-6(4)12-8(9)11-5/h2-3H,1H3,(H,10,11,12). The average molecular weight is 212 g/mol. The summed E-state index contributed by atoms with van der Waals surface area (Å²) in [5.41, 5.74) is 0.689. The van der Waals surface area contributed by atoms with Gasteiger partial charge in [-0.1, -0.05) is 0 Å². The van der Waals surface area contributed by atoms with Crippen molar-refractivity contribution in [2.24, 2.45) is 0 Å². The molecule has 0 bridgehead atoms. The zero-order chi connectivity index (χ0) is 10.1. The smallest absolute Gasteiger partial charge is 0.357 e. The molecule has 0 atom stereocenters. The lowest BCUT2D eigenvalue weighted by Gasteiger charge is -1.99. The highest BCUT2D eigenvalue weighted by atomic mass is 35.5. The van der Waals surface area contributed by atoms with Crippen molar-refractivity contribution in [2.45, 2.75) is 0 Å². The minimum atomic E-state index is -0.529. The van der Waals surface area contributed by atoms with Gasteiger partial charge in [0.05, 0.1) is 12.5 Å². The van der Waals surface area contributed by atoms with Gasteiger partial charge in [-0.2, -0.15) is 4.98 Å². The van der Waals surface area contributed by atoms with Gasteiger partial charge in [-0.3, -0.25) is 0 Å². The fraction of sp³-hybridized carbons (Fsp3) is 0.125. The summed E-state index contributed by atoms with van der Waals surface area (Å²) in [6.45, 7) is 0. The summed E-state index contributed by atoms with van der Waals surface area (Å²) in [5, 5.41) is 0.613. The van der Waals surface area contributed by atoms with E-state index in [1.165, 1.54) is 7.11 Å². The summed E-state index contributed by atoms with van der Waals surface area (Å²) in [6.07, 6.45) is 1.65. The fourth-order valence-corrected chi connectivity index (χ4v) is 1.34. The lowest BCUT2D eigenvalue weighted by atomic mass is 10.3. The van der Waals surface area contributed by atoms with Crippen LogP contribution in [0.5, 0.6) is 0 Å². The maximum absolute atomic E-state index is 11.3. The monoisotopic (exact) mass is 211 g/mol. The maximum atomic E-state index is 11.3. The van der Waals surface area contributed by atoms with Gasteiger partial charge in [-0.25, -0.2) is 9.78 Å². The van der Waals surface area contributed by atoms with E-state index >= 15 is 0 Å². The van der Waals surface area contributed by atoms with Crippen LogP contribution in [0.4, 0.5) is 0 Å². The SMILES string of the molecule is COC(=O)c1nc(Cl)nc2[nH]ccc12. The van der Waals surface area contributed by atoms with Crippen LogP contribution in [0.3, 0.4) is 0 Å². The molecule has 72 valence electrons. The molecular weight excluding hydrogens is 206 g/mol. The molecule has 0 radical (unpaired) electrons. The molecule has 5 nitrogen and oxygen atoms in total. The van der Waals surface area contributed by atoms with Crippen LogP contribution >= 0.6 is 11.6 Å². The van der Waals surface area contributed by atoms with Gasteiger partial charge in [0.2, 0.25) is 5.28 Å². The molecular formula is C8H6ClN3O2. The van der Waals surface area contributed by atoms with E-state index in [4.69, 9.17) is 11.6 Å². The third kappa shape index (κ3) is 1.31. The van der Waals surface area contributed by atoms with Gasteiger partial charge in [-0.05, 0) is 17.7 Å². The molecule has 0 unspecified atom stereocenters. The van der Waals surface area contributed by atoms with Crippen LogP contribution in [0.15, 0.2) is 12.3 Å². The minimum absolute atomic E-state index is 0.0142. The first kappa shape index (κ1) is 8.96. The predicted molar refractivity (Wildman–Crippen MR) is 50.2 cm³/mol. The Balaban J connectivity index is 2.72. The van der Waals surface area contributed by atoms with Gasteiger partial charge in [0.1, 0.15) is 5.65 Å². The fourth-order valence-electron chi connectivity index (χ4n) is 1.17. The average Bonchev–Trinajstić information content (AvgIpc) is 2.62. The number of carbonyl (C=O) groups is 1. The molecule has 0 spiro atoms. The minimum Gasteiger partial charge on any atom is -0.464 e. The van der Waals surface area contributed by atoms with Gasteiger partial charge in [0.15, 0.2) is 5.69 Å². The summed E-state index contributed by atoms with van der Waals surface area (Å²) in [5.74, 6) is -0.529. The van der Waals surface area contributed by atoms with E-state index in [1.807, 2.05) is 0 Å². The van der Waals surface area contributed by atoms with Gasteiger partial charge in [-0.15, -0.1) is 0 Å². The number of H-pyrrole nitrogens is 1. The van der Waals surface area contributed by atoms with Crippen LogP contribution in [-0.4, -0.2) is 28.0 Å². The third-order valence-electron chi connectivity index (χ3n) is 1.77. The number of rotatable bonds is 1. The summed E-state index contributed by atoms with van der Waals surface area (Å²) >= 11 is 5.63. The Morgan fingerprint density at radius 2 is 2.36 bits per heavy atom. The van der Waals surface area contributed by atoms with Crippen molar-refractivity contribution < 1.29 is 9.53 Å². The van der Waals surface area contributed by atoms with Gasteiger partial charge >= 0.3 is 5.97 Å². The van der Waals surface area contributed by atoms with E-state index in [-0.39, 0.29) is 11.0 Å². The number of ether oxygens (including phenoxy) is 1. The molecule has 2 aromatic heterocycles. The number of fused-ring (bicyclic) bond motifs is 1. The summed E-state index contributed by atoms with van der Waals surface area (Å²) in [7, 11) is 1.29. The van der Waals surface area contributed by atoms with Crippen molar-refractivity contribution in [3.05, 3.63) is 23.2 Å². The first-order valence-corrected chi connectivity index (χ1v) is 4.19. The molecule has 0 aliphatic heterocycles. The molecule has 2 rings (SSSR count). The number of aromatic amines is 1. The number of nitrogens with one attached hydrogen (secondary N) is 1. The van der Waals surface area contributed by atoms with Crippen LogP contribution in [0.2, 0.25) is 5.28 Å². The van der Waals surface area contributed by atoms with Crippen molar-refractivity contribution in [3.8, 4) is 0 Å². The first-order chi connectivity index (χ1) is 6.72. The number of hydrogen-bond donors (Lipinski definition) is 1. The Morgan fingerprint density at radius 1 is 1.57 bits per heavy atom. The third-order valence-corrected chi connectivity index (χ3v) is 1.94. The number of esters is 1. The number of carbonyl (C=O) groups excluding carboxylic acids is 1. The number of hydrogen-bond acceptors (Lipinski definition) is 4. The molecule has 2 aromatic rings. The van der Waals surface area contributed by atoms with Crippen LogP contribution in [0.25, 0.3) is 11.0 Å². The maximum Gasteiger partial charge on any atom is 0.357 e. The van der Waals surface area contributed by atoms with Crippen molar-refractivity contribution in [3.63, 3.8) is 0 Å². The Hall–Kier alpha value is -1.62. The van der Waals surface area contributed by atoms with E-state index in [9.17, 15) is 4.79 Å². The molecule has 0 aromatic carbocycles. The van der Waals surface area contributed by atoms with Crippen molar-refractivity contribution in [2.75, 3.05) is 7.11 Å². The van der Waals surface area contributed by atoms with E-state index < -0.39 is 5.97 Å². The Morgan fingerprint density at radius 3 is 3.07 bits per heavy atom. The molecule has 14 heavy (non-hydrogen) atoms. The number of nitrogens with zero attached hydrogens (tertiary/aromatic N) is 2. The second-order valence-electron chi connectivity index (χ2n) is 2.57. The van der Waals surface area contributed by atoms with Crippen molar-refractivity contribution in [1.82, 2.24) is 15.0 Å². The van der Waals surface area contributed by atoms with Gasteiger partial charge < -0.3 is 9.72 Å². The lowest BCUT2D eigenvalue weighted by Crippen LogP contribution is -2.05. The van der Waals surface area contributed by atoms with Crippen LogP contribution < -0.4 is 0 Å². The molecule has 0 aliphatic rings.